The molecule has 1 unspecified atom stereocenters. The van der Waals surface area contributed by atoms with Gasteiger partial charge in [-0.05, 0) is 31.0 Å². The molecule has 0 aliphatic carbocycles. The van der Waals surface area contributed by atoms with E-state index in [-0.39, 0.29) is 6.61 Å². The molecule has 2 nitrogen and oxygen atoms in total. The van der Waals surface area contributed by atoms with E-state index in [1.165, 1.54) is 38.5 Å². The molecule has 2 heteroatoms. The molecular weight excluding hydrogens is 222 g/mol. The zero-order chi connectivity index (χ0) is 13.2. The highest BCUT2D eigenvalue weighted by atomic mass is 16.3. The summed E-state index contributed by atoms with van der Waals surface area (Å²) in [7, 11) is 0. The van der Waals surface area contributed by atoms with Gasteiger partial charge in [0.05, 0.1) is 6.61 Å². The van der Waals surface area contributed by atoms with Crippen molar-refractivity contribution in [3.63, 3.8) is 0 Å². The smallest absolute Gasteiger partial charge is 0.0681 e. The van der Waals surface area contributed by atoms with Gasteiger partial charge in [-0.2, -0.15) is 0 Å². The Morgan fingerprint density at radius 1 is 1.06 bits per heavy atom. The molecule has 0 amide bonds. The van der Waals surface area contributed by atoms with E-state index >= 15 is 0 Å². The average molecular weight is 249 g/mol. The predicted molar refractivity (Wildman–Crippen MR) is 78.8 cm³/mol. The van der Waals surface area contributed by atoms with Crippen molar-refractivity contribution >= 4 is 5.69 Å². The first-order chi connectivity index (χ1) is 8.76. The van der Waals surface area contributed by atoms with E-state index in [2.05, 4.69) is 19.2 Å². The second kappa shape index (κ2) is 8.98. The fourth-order valence-electron chi connectivity index (χ4n) is 2.12. The molecule has 2 N–H and O–H groups in total. The summed E-state index contributed by atoms with van der Waals surface area (Å²) in [6.07, 6.45) is 7.93. The molecule has 0 aliphatic heterocycles. The lowest BCUT2D eigenvalue weighted by molar-refractivity contribution is 0.282. The summed E-state index contributed by atoms with van der Waals surface area (Å²) in [6.45, 7) is 4.60. The third-order valence-electron chi connectivity index (χ3n) is 3.29. The molecule has 1 aromatic carbocycles. The van der Waals surface area contributed by atoms with Crippen molar-refractivity contribution in [3.05, 3.63) is 29.8 Å². The molecule has 0 heterocycles. The van der Waals surface area contributed by atoms with Crippen LogP contribution in [0, 0.1) is 0 Å². The lowest BCUT2D eigenvalue weighted by Gasteiger charge is -2.15. The number of anilines is 1. The molecule has 0 saturated carbocycles. The number of hydrogen-bond acceptors (Lipinski definition) is 2. The predicted octanol–water partition coefficient (Wildman–Crippen LogP) is 4.34. The van der Waals surface area contributed by atoms with Gasteiger partial charge in [-0.25, -0.2) is 0 Å². The molecule has 0 saturated heterocycles. The van der Waals surface area contributed by atoms with Gasteiger partial charge in [0.2, 0.25) is 0 Å². The van der Waals surface area contributed by atoms with Gasteiger partial charge in [-0.3, -0.25) is 0 Å². The summed E-state index contributed by atoms with van der Waals surface area (Å²) >= 11 is 0. The van der Waals surface area contributed by atoms with Gasteiger partial charge in [-0.1, -0.05) is 51.2 Å². The Labute approximate surface area is 111 Å². The normalized spacial score (nSPS) is 12.4. The molecular formula is C16H27NO. The minimum absolute atomic E-state index is 0.118. The summed E-state index contributed by atoms with van der Waals surface area (Å²) in [5, 5.41) is 12.5. The summed E-state index contributed by atoms with van der Waals surface area (Å²) in [5.74, 6) is 0. The van der Waals surface area contributed by atoms with E-state index in [9.17, 15) is 0 Å². The summed E-state index contributed by atoms with van der Waals surface area (Å²) in [4.78, 5) is 0. The Bertz CT molecular complexity index is 307. The number of hydrogen-bond donors (Lipinski definition) is 2. The molecule has 1 aromatic rings. The van der Waals surface area contributed by atoms with Crippen LogP contribution in [0.4, 0.5) is 5.69 Å². The zero-order valence-electron chi connectivity index (χ0n) is 11.8. The number of unbranched alkanes of at least 4 members (excludes halogenated alkanes) is 4. The zero-order valence-corrected chi connectivity index (χ0v) is 11.8. The average Bonchev–Trinajstić information content (AvgIpc) is 2.39. The quantitative estimate of drug-likeness (QED) is 0.638. The van der Waals surface area contributed by atoms with Crippen LogP contribution in [-0.2, 0) is 6.61 Å². The topological polar surface area (TPSA) is 32.3 Å². The number of nitrogens with one attached hydrogen (secondary N) is 1. The Hall–Kier alpha value is -1.02. The number of aliphatic hydroxyl groups excluding tert-OH is 1. The molecule has 0 fully saturated rings. The highest BCUT2D eigenvalue weighted by molar-refractivity contribution is 5.45. The molecule has 102 valence electrons. The van der Waals surface area contributed by atoms with Gasteiger partial charge < -0.3 is 10.4 Å². The molecule has 0 aromatic heterocycles. The molecule has 0 aliphatic rings. The van der Waals surface area contributed by atoms with Crippen LogP contribution in [0.15, 0.2) is 24.3 Å². The van der Waals surface area contributed by atoms with Gasteiger partial charge in [-0.15, -0.1) is 0 Å². The van der Waals surface area contributed by atoms with Gasteiger partial charge in [0.25, 0.3) is 0 Å². The largest absolute Gasteiger partial charge is 0.392 e. The lowest BCUT2D eigenvalue weighted by atomic mass is 10.1. The van der Waals surface area contributed by atoms with Crippen molar-refractivity contribution in [2.75, 3.05) is 5.32 Å². The van der Waals surface area contributed by atoms with Gasteiger partial charge in [0.15, 0.2) is 0 Å². The minimum atomic E-state index is 0.118. The number of aliphatic hydroxyl groups is 1. The van der Waals surface area contributed by atoms with E-state index in [0.717, 1.165) is 11.3 Å². The van der Waals surface area contributed by atoms with E-state index in [1.54, 1.807) is 0 Å². The Morgan fingerprint density at radius 3 is 2.33 bits per heavy atom. The maximum absolute atomic E-state index is 8.98. The summed E-state index contributed by atoms with van der Waals surface area (Å²) in [6, 6.07) is 8.54. The Morgan fingerprint density at radius 2 is 1.72 bits per heavy atom. The Kier molecular flexibility index (Phi) is 7.51. The van der Waals surface area contributed by atoms with Crippen LogP contribution in [0.1, 0.15) is 57.9 Å². The minimum Gasteiger partial charge on any atom is -0.392 e. The van der Waals surface area contributed by atoms with Crippen molar-refractivity contribution in [2.45, 2.75) is 65.0 Å². The maximum atomic E-state index is 8.98. The molecule has 0 radical (unpaired) electrons. The molecule has 18 heavy (non-hydrogen) atoms. The molecule has 0 bridgehead atoms. The van der Waals surface area contributed by atoms with Crippen molar-refractivity contribution in [1.82, 2.24) is 0 Å². The number of rotatable bonds is 9. The molecule has 1 atom stereocenters. The lowest BCUT2D eigenvalue weighted by Crippen LogP contribution is -2.14. The van der Waals surface area contributed by atoms with Gasteiger partial charge >= 0.3 is 0 Å². The van der Waals surface area contributed by atoms with Crippen LogP contribution >= 0.6 is 0 Å². The highest BCUT2D eigenvalue weighted by Crippen LogP contribution is 2.14. The fraction of sp³-hybridized carbons (Fsp3) is 0.625. The van der Waals surface area contributed by atoms with Crippen LogP contribution in [-0.4, -0.2) is 11.1 Å². The summed E-state index contributed by atoms with van der Waals surface area (Å²) < 4.78 is 0. The van der Waals surface area contributed by atoms with E-state index < -0.39 is 0 Å². The van der Waals surface area contributed by atoms with E-state index in [4.69, 9.17) is 5.11 Å². The summed E-state index contributed by atoms with van der Waals surface area (Å²) in [5.41, 5.74) is 2.11. The van der Waals surface area contributed by atoms with Crippen LogP contribution in [0.5, 0.6) is 0 Å². The second-order valence-electron chi connectivity index (χ2n) is 5.10. The number of benzene rings is 1. The van der Waals surface area contributed by atoms with Crippen LogP contribution < -0.4 is 5.32 Å². The SMILES string of the molecule is CCCCCCCC(C)Nc1ccc(CO)cc1. The third-order valence-corrected chi connectivity index (χ3v) is 3.29. The van der Waals surface area contributed by atoms with Crippen molar-refractivity contribution in [2.24, 2.45) is 0 Å². The first kappa shape index (κ1) is 15.0. The Balaban J connectivity index is 2.20. The van der Waals surface area contributed by atoms with Crippen molar-refractivity contribution < 1.29 is 5.11 Å². The van der Waals surface area contributed by atoms with Gasteiger partial charge in [0.1, 0.15) is 0 Å². The highest BCUT2D eigenvalue weighted by Gasteiger charge is 2.01. The maximum Gasteiger partial charge on any atom is 0.0681 e. The van der Waals surface area contributed by atoms with Crippen LogP contribution in [0.25, 0.3) is 0 Å². The van der Waals surface area contributed by atoms with Crippen LogP contribution in [0.2, 0.25) is 0 Å². The molecule has 1 rings (SSSR count). The van der Waals surface area contributed by atoms with Crippen LogP contribution in [0.3, 0.4) is 0 Å². The van der Waals surface area contributed by atoms with Gasteiger partial charge in [0, 0.05) is 11.7 Å². The molecule has 0 spiro atoms. The second-order valence-corrected chi connectivity index (χ2v) is 5.10. The standard InChI is InChI=1S/C16H27NO/c1-3-4-5-6-7-8-14(2)17-16-11-9-15(13-18)10-12-16/h9-12,14,17-18H,3-8,13H2,1-2H3. The first-order valence-corrected chi connectivity index (χ1v) is 7.22. The third kappa shape index (κ3) is 6.06. The van der Waals surface area contributed by atoms with E-state index in [0.29, 0.717) is 6.04 Å². The van der Waals surface area contributed by atoms with Crippen molar-refractivity contribution in [3.8, 4) is 0 Å². The first-order valence-electron chi connectivity index (χ1n) is 7.22. The van der Waals surface area contributed by atoms with E-state index in [1.807, 2.05) is 24.3 Å². The monoisotopic (exact) mass is 249 g/mol. The van der Waals surface area contributed by atoms with Crippen molar-refractivity contribution in [1.29, 1.82) is 0 Å². The fourth-order valence-corrected chi connectivity index (χ4v) is 2.12.